The number of hydrogen-bond acceptors (Lipinski definition) is 5. The average molecular weight is 330 g/mol. The van der Waals surface area contributed by atoms with Crippen molar-refractivity contribution in [2.24, 2.45) is 11.8 Å². The number of esters is 1. The molecule has 0 aromatic heterocycles. The van der Waals surface area contributed by atoms with Crippen LogP contribution in [0.1, 0.15) is 54.4 Å². The molecule has 6 heteroatoms. The molecule has 0 saturated heterocycles. The largest absolute Gasteiger partial charge is 0.466 e. The minimum Gasteiger partial charge on any atom is -0.466 e. The van der Waals surface area contributed by atoms with E-state index in [0.717, 1.165) is 19.5 Å². The summed E-state index contributed by atoms with van der Waals surface area (Å²) in [6.45, 7) is 14.1. The Morgan fingerprint density at radius 3 is 2.30 bits per heavy atom. The molecule has 0 spiro atoms. The van der Waals surface area contributed by atoms with E-state index in [0.29, 0.717) is 31.4 Å². The molecule has 1 unspecified atom stereocenters. The Balaban J connectivity index is 3.95. The van der Waals surface area contributed by atoms with Crippen molar-refractivity contribution in [3.8, 4) is 0 Å². The first-order chi connectivity index (χ1) is 10.7. The lowest BCUT2D eigenvalue weighted by Gasteiger charge is -2.24. The van der Waals surface area contributed by atoms with Crippen molar-refractivity contribution in [2.45, 2.75) is 60.0 Å². The number of hydrogen-bond donors (Lipinski definition) is 2. The molecular formula is C17H34N2O4. The predicted octanol–water partition coefficient (Wildman–Crippen LogP) is 2.72. The minimum absolute atomic E-state index is 0.152. The van der Waals surface area contributed by atoms with Crippen LogP contribution in [0.4, 0.5) is 4.79 Å². The van der Waals surface area contributed by atoms with Crippen molar-refractivity contribution in [2.75, 3.05) is 26.2 Å². The molecular weight excluding hydrogens is 296 g/mol. The van der Waals surface area contributed by atoms with Gasteiger partial charge in [-0.05, 0) is 59.0 Å². The second kappa shape index (κ2) is 11.3. The van der Waals surface area contributed by atoms with E-state index >= 15 is 0 Å². The molecule has 1 amide bonds. The molecule has 0 aromatic rings. The summed E-state index contributed by atoms with van der Waals surface area (Å²) >= 11 is 0. The molecule has 0 radical (unpaired) electrons. The van der Waals surface area contributed by atoms with Crippen molar-refractivity contribution < 1.29 is 19.1 Å². The molecule has 0 aliphatic heterocycles. The molecule has 0 rings (SSSR count). The van der Waals surface area contributed by atoms with Crippen LogP contribution in [-0.4, -0.2) is 43.9 Å². The fourth-order valence-corrected chi connectivity index (χ4v) is 1.95. The third-order valence-corrected chi connectivity index (χ3v) is 3.30. The fourth-order valence-electron chi connectivity index (χ4n) is 1.95. The van der Waals surface area contributed by atoms with Crippen LogP contribution in [-0.2, 0) is 14.3 Å². The fraction of sp³-hybridized carbons (Fsp3) is 0.882. The van der Waals surface area contributed by atoms with E-state index < -0.39 is 5.60 Å². The molecule has 0 fully saturated rings. The van der Waals surface area contributed by atoms with Crippen LogP contribution in [0.5, 0.6) is 0 Å². The molecule has 0 aliphatic carbocycles. The molecule has 136 valence electrons. The van der Waals surface area contributed by atoms with Crippen LogP contribution in [0.15, 0.2) is 0 Å². The van der Waals surface area contributed by atoms with Crippen LogP contribution in [0, 0.1) is 11.8 Å². The minimum atomic E-state index is -0.483. The van der Waals surface area contributed by atoms with Gasteiger partial charge in [0, 0.05) is 13.0 Å². The highest BCUT2D eigenvalue weighted by Crippen LogP contribution is 2.10. The van der Waals surface area contributed by atoms with Crippen molar-refractivity contribution >= 4 is 12.1 Å². The van der Waals surface area contributed by atoms with Gasteiger partial charge >= 0.3 is 12.1 Å². The normalized spacial score (nSPS) is 12.8. The lowest BCUT2D eigenvalue weighted by molar-refractivity contribution is -0.143. The highest BCUT2D eigenvalue weighted by molar-refractivity contribution is 5.69. The summed E-state index contributed by atoms with van der Waals surface area (Å²) in [5.41, 5.74) is -0.483. The van der Waals surface area contributed by atoms with Gasteiger partial charge < -0.3 is 20.1 Å². The van der Waals surface area contributed by atoms with E-state index in [9.17, 15) is 9.59 Å². The first-order valence-corrected chi connectivity index (χ1v) is 8.49. The third kappa shape index (κ3) is 12.9. The number of rotatable bonds is 10. The second-order valence-corrected chi connectivity index (χ2v) is 7.00. The number of carbonyl (C=O) groups is 2. The summed E-state index contributed by atoms with van der Waals surface area (Å²) in [5, 5.41) is 6.16. The molecule has 6 nitrogen and oxygen atoms in total. The molecule has 0 aliphatic rings. The first-order valence-electron chi connectivity index (χ1n) is 8.49. The molecule has 23 heavy (non-hydrogen) atoms. The Labute approximate surface area is 140 Å². The Hall–Kier alpha value is -1.30. The molecule has 2 N–H and O–H groups in total. The number of ether oxygens (including phenoxy) is 2. The van der Waals surface area contributed by atoms with E-state index in [1.165, 1.54) is 0 Å². The smallest absolute Gasteiger partial charge is 0.407 e. The molecule has 0 aromatic carbocycles. The van der Waals surface area contributed by atoms with Gasteiger partial charge in [0.1, 0.15) is 5.60 Å². The Kier molecular flexibility index (Phi) is 10.6. The number of nitrogens with one attached hydrogen (secondary N) is 2. The first kappa shape index (κ1) is 21.7. The van der Waals surface area contributed by atoms with Crippen LogP contribution >= 0.6 is 0 Å². The number of carbonyl (C=O) groups excluding carboxylic acids is 2. The summed E-state index contributed by atoms with van der Waals surface area (Å²) in [5.74, 6) is 0.592. The maximum absolute atomic E-state index is 11.7. The van der Waals surface area contributed by atoms with Crippen molar-refractivity contribution in [1.82, 2.24) is 10.6 Å². The second-order valence-electron chi connectivity index (χ2n) is 7.00. The van der Waals surface area contributed by atoms with Crippen molar-refractivity contribution in [1.29, 1.82) is 0 Å². The summed E-state index contributed by atoms with van der Waals surface area (Å²) < 4.78 is 10.1. The maximum atomic E-state index is 11.7. The van der Waals surface area contributed by atoms with Crippen LogP contribution < -0.4 is 10.6 Å². The number of alkyl carbamates (subject to hydrolysis) is 1. The topological polar surface area (TPSA) is 76.7 Å². The van der Waals surface area contributed by atoms with Crippen LogP contribution in [0.2, 0.25) is 0 Å². The van der Waals surface area contributed by atoms with E-state index in [1.54, 1.807) is 6.92 Å². The summed E-state index contributed by atoms with van der Waals surface area (Å²) in [7, 11) is 0. The number of amides is 1. The van der Waals surface area contributed by atoms with Gasteiger partial charge in [-0.3, -0.25) is 4.79 Å². The SMILES string of the molecule is CCOC(=O)CCCNCC(CNC(=O)OC(C)(C)C)C(C)C. The molecule has 0 heterocycles. The zero-order valence-corrected chi connectivity index (χ0v) is 15.5. The summed E-state index contributed by atoms with van der Waals surface area (Å²) in [6.07, 6.45) is 0.803. The van der Waals surface area contributed by atoms with Crippen molar-refractivity contribution in [3.05, 3.63) is 0 Å². The maximum Gasteiger partial charge on any atom is 0.407 e. The monoisotopic (exact) mass is 330 g/mol. The van der Waals surface area contributed by atoms with Gasteiger partial charge in [-0.2, -0.15) is 0 Å². The Bertz CT molecular complexity index is 351. The standard InChI is InChI=1S/C17H34N2O4/c1-7-22-15(20)9-8-10-18-11-14(13(2)3)12-19-16(21)23-17(4,5)6/h13-14,18H,7-12H2,1-6H3,(H,19,21). The summed E-state index contributed by atoms with van der Waals surface area (Å²) in [4.78, 5) is 22.9. The highest BCUT2D eigenvalue weighted by Gasteiger charge is 2.18. The van der Waals surface area contributed by atoms with Gasteiger partial charge in [0.15, 0.2) is 0 Å². The highest BCUT2D eigenvalue weighted by atomic mass is 16.6. The summed E-state index contributed by atoms with van der Waals surface area (Å²) in [6, 6.07) is 0. The van der Waals surface area contributed by atoms with Gasteiger partial charge in [0.25, 0.3) is 0 Å². The third-order valence-electron chi connectivity index (χ3n) is 3.30. The van der Waals surface area contributed by atoms with Gasteiger partial charge in [0.05, 0.1) is 6.61 Å². The van der Waals surface area contributed by atoms with Gasteiger partial charge in [-0.25, -0.2) is 4.79 Å². The van der Waals surface area contributed by atoms with E-state index in [4.69, 9.17) is 9.47 Å². The molecule has 0 saturated carbocycles. The average Bonchev–Trinajstić information content (AvgIpc) is 2.39. The van der Waals surface area contributed by atoms with Gasteiger partial charge in [-0.1, -0.05) is 13.8 Å². The van der Waals surface area contributed by atoms with Crippen molar-refractivity contribution in [3.63, 3.8) is 0 Å². The van der Waals surface area contributed by atoms with E-state index in [1.807, 2.05) is 20.8 Å². The van der Waals surface area contributed by atoms with E-state index in [2.05, 4.69) is 24.5 Å². The van der Waals surface area contributed by atoms with Gasteiger partial charge in [-0.15, -0.1) is 0 Å². The molecule has 1 atom stereocenters. The van der Waals surface area contributed by atoms with Crippen LogP contribution in [0.25, 0.3) is 0 Å². The Morgan fingerprint density at radius 2 is 1.78 bits per heavy atom. The van der Waals surface area contributed by atoms with E-state index in [-0.39, 0.29) is 12.1 Å². The predicted molar refractivity (Wildman–Crippen MR) is 91.3 cm³/mol. The molecule has 0 bridgehead atoms. The van der Waals surface area contributed by atoms with Gasteiger partial charge in [0.2, 0.25) is 0 Å². The zero-order chi connectivity index (χ0) is 17.9. The zero-order valence-electron chi connectivity index (χ0n) is 15.5. The Morgan fingerprint density at radius 1 is 1.13 bits per heavy atom. The lowest BCUT2D eigenvalue weighted by atomic mass is 9.96. The lowest BCUT2D eigenvalue weighted by Crippen LogP contribution is -2.39. The van der Waals surface area contributed by atoms with Crippen LogP contribution in [0.3, 0.4) is 0 Å². The quantitative estimate of drug-likeness (QED) is 0.476.